The van der Waals surface area contributed by atoms with Crippen molar-refractivity contribution in [2.24, 2.45) is 11.3 Å². The summed E-state index contributed by atoms with van der Waals surface area (Å²) in [6, 6.07) is 15.6. The molecule has 5 nitrogen and oxygen atoms in total. The fourth-order valence-electron chi connectivity index (χ4n) is 6.54. The lowest BCUT2D eigenvalue weighted by Crippen LogP contribution is -2.54. The number of aliphatic hydroxyl groups is 1. The summed E-state index contributed by atoms with van der Waals surface area (Å²) >= 11 is 0. The predicted molar refractivity (Wildman–Crippen MR) is 123 cm³/mol. The van der Waals surface area contributed by atoms with Gasteiger partial charge in [0, 0.05) is 24.9 Å². The summed E-state index contributed by atoms with van der Waals surface area (Å²) in [6.07, 6.45) is 6.42. The van der Waals surface area contributed by atoms with Crippen molar-refractivity contribution in [1.29, 1.82) is 0 Å². The number of rotatable bonds is 7. The molecule has 0 spiro atoms. The minimum absolute atomic E-state index is 0.180. The van der Waals surface area contributed by atoms with E-state index in [1.165, 1.54) is 11.1 Å². The normalized spacial score (nSPS) is 24.1. The van der Waals surface area contributed by atoms with Crippen molar-refractivity contribution >= 4 is 5.97 Å². The number of carbonyl (C=O) groups is 1. The molecule has 2 aromatic rings. The zero-order chi connectivity index (χ0) is 22.2. The molecule has 1 saturated heterocycles. The smallest absolute Gasteiger partial charge is 0.341 e. The molecule has 170 valence electrons. The molecule has 1 aliphatic carbocycles. The molecule has 2 N–H and O–H groups in total. The number of likely N-dealkylation sites (tertiary alicyclic amines) is 1. The molecule has 2 atom stereocenters. The largest absolute Gasteiger partial charge is 0.493 e. The number of carboxylic acids is 1. The summed E-state index contributed by atoms with van der Waals surface area (Å²) in [5.74, 6) is 0.0937. The molecular formula is C27H33NO4. The number of fused-ring (bicyclic) bond motifs is 1. The van der Waals surface area contributed by atoms with Crippen molar-refractivity contribution < 1.29 is 19.7 Å². The molecule has 2 unspecified atom stereocenters. The molecule has 2 aromatic carbocycles. The lowest BCUT2D eigenvalue weighted by molar-refractivity contribution is -0.185. The predicted octanol–water partition coefficient (Wildman–Crippen LogP) is 4.02. The van der Waals surface area contributed by atoms with Crippen LogP contribution in [0.25, 0.3) is 0 Å². The summed E-state index contributed by atoms with van der Waals surface area (Å²) in [5, 5.41) is 22.1. The number of benzene rings is 2. The Labute approximate surface area is 190 Å². The maximum Gasteiger partial charge on any atom is 0.341 e. The second kappa shape index (κ2) is 8.53. The Balaban J connectivity index is 1.33. The van der Waals surface area contributed by atoms with Crippen LogP contribution < -0.4 is 4.74 Å². The molecule has 0 aromatic heterocycles. The van der Waals surface area contributed by atoms with Gasteiger partial charge in [-0.05, 0) is 60.9 Å². The molecule has 2 heterocycles. The number of aliphatic carboxylic acids is 1. The average molecular weight is 436 g/mol. The Morgan fingerprint density at radius 3 is 2.69 bits per heavy atom. The Morgan fingerprint density at radius 2 is 1.94 bits per heavy atom. The third kappa shape index (κ3) is 3.52. The van der Waals surface area contributed by atoms with Gasteiger partial charge in [-0.3, -0.25) is 0 Å². The Hall–Kier alpha value is -2.37. The van der Waals surface area contributed by atoms with Gasteiger partial charge in [0.1, 0.15) is 5.75 Å². The molecule has 5 heteroatoms. The fraction of sp³-hybridized carbons (Fsp3) is 0.519. The van der Waals surface area contributed by atoms with Gasteiger partial charge in [-0.25, -0.2) is 4.79 Å². The number of carboxylic acid groups (broad SMARTS) is 1. The Kier molecular flexibility index (Phi) is 5.72. The van der Waals surface area contributed by atoms with Gasteiger partial charge in [-0.1, -0.05) is 55.3 Å². The highest BCUT2D eigenvalue weighted by molar-refractivity contribution is 5.80. The number of nitrogens with zero attached hydrogens (tertiary/aromatic N) is 1. The van der Waals surface area contributed by atoms with E-state index in [0.717, 1.165) is 76.9 Å². The molecule has 2 aliphatic heterocycles. The van der Waals surface area contributed by atoms with Crippen LogP contribution in [0.1, 0.15) is 48.8 Å². The Bertz CT molecular complexity index is 969. The maximum atomic E-state index is 12.6. The van der Waals surface area contributed by atoms with Crippen LogP contribution >= 0.6 is 0 Å². The highest BCUT2D eigenvalue weighted by Crippen LogP contribution is 2.58. The number of ether oxygens (including phenoxy) is 1. The van der Waals surface area contributed by atoms with E-state index in [-0.39, 0.29) is 5.92 Å². The van der Waals surface area contributed by atoms with Gasteiger partial charge in [0.05, 0.1) is 6.61 Å². The molecule has 0 bridgehead atoms. The van der Waals surface area contributed by atoms with Gasteiger partial charge in [-0.2, -0.15) is 0 Å². The van der Waals surface area contributed by atoms with Gasteiger partial charge < -0.3 is 19.8 Å². The van der Waals surface area contributed by atoms with Gasteiger partial charge in [0.15, 0.2) is 5.60 Å². The third-order valence-electron chi connectivity index (χ3n) is 8.24. The zero-order valence-electron chi connectivity index (χ0n) is 18.6. The van der Waals surface area contributed by atoms with Crippen LogP contribution in [0, 0.1) is 11.3 Å². The van der Waals surface area contributed by atoms with Crippen LogP contribution in [0.2, 0.25) is 0 Å². The van der Waals surface area contributed by atoms with Crippen LogP contribution in [-0.2, 0) is 23.2 Å². The van der Waals surface area contributed by atoms with E-state index < -0.39 is 17.0 Å². The standard InChI is InChI=1S/C27H33NO4/c29-25(30)27(31,22-6-2-1-3-7-22)26(13-4-5-14-26)23-11-16-28(19-23)15-10-20-8-9-24-21(18-20)12-17-32-24/h1-3,6-9,18,23,31H,4-5,10-17,19H2,(H,29,30). The molecule has 32 heavy (non-hydrogen) atoms. The van der Waals surface area contributed by atoms with E-state index in [1.54, 1.807) is 12.1 Å². The molecule has 3 aliphatic rings. The summed E-state index contributed by atoms with van der Waals surface area (Å²) in [6.45, 7) is 3.56. The van der Waals surface area contributed by atoms with E-state index in [9.17, 15) is 15.0 Å². The second-order valence-corrected chi connectivity index (χ2v) is 9.82. The lowest BCUT2D eigenvalue weighted by Gasteiger charge is -2.46. The Morgan fingerprint density at radius 1 is 1.16 bits per heavy atom. The van der Waals surface area contributed by atoms with Crippen molar-refractivity contribution in [2.75, 3.05) is 26.2 Å². The first-order valence-corrected chi connectivity index (χ1v) is 12.0. The second-order valence-electron chi connectivity index (χ2n) is 9.82. The van der Waals surface area contributed by atoms with Crippen LogP contribution in [0.15, 0.2) is 48.5 Å². The fourth-order valence-corrected chi connectivity index (χ4v) is 6.54. The quantitative estimate of drug-likeness (QED) is 0.688. The summed E-state index contributed by atoms with van der Waals surface area (Å²) in [7, 11) is 0. The maximum absolute atomic E-state index is 12.6. The van der Waals surface area contributed by atoms with E-state index in [2.05, 4.69) is 23.1 Å². The summed E-state index contributed by atoms with van der Waals surface area (Å²) < 4.78 is 5.62. The van der Waals surface area contributed by atoms with Crippen molar-refractivity contribution in [2.45, 2.75) is 50.5 Å². The zero-order valence-corrected chi connectivity index (χ0v) is 18.6. The summed E-state index contributed by atoms with van der Waals surface area (Å²) in [4.78, 5) is 15.0. The molecule has 0 radical (unpaired) electrons. The first-order valence-electron chi connectivity index (χ1n) is 12.0. The minimum atomic E-state index is -1.84. The highest BCUT2D eigenvalue weighted by Gasteiger charge is 2.61. The first-order chi connectivity index (χ1) is 15.5. The third-order valence-corrected chi connectivity index (χ3v) is 8.24. The van der Waals surface area contributed by atoms with Crippen LogP contribution in [0.5, 0.6) is 5.75 Å². The van der Waals surface area contributed by atoms with Crippen LogP contribution in [0.4, 0.5) is 0 Å². The lowest BCUT2D eigenvalue weighted by atomic mass is 9.59. The van der Waals surface area contributed by atoms with Crippen molar-refractivity contribution in [1.82, 2.24) is 4.90 Å². The molecule has 1 saturated carbocycles. The van der Waals surface area contributed by atoms with Gasteiger partial charge >= 0.3 is 5.97 Å². The first kappa shape index (κ1) is 21.5. The summed E-state index contributed by atoms with van der Waals surface area (Å²) in [5.41, 5.74) is 0.708. The number of hydrogen-bond donors (Lipinski definition) is 2. The van der Waals surface area contributed by atoms with Crippen LogP contribution in [-0.4, -0.2) is 47.3 Å². The monoisotopic (exact) mass is 435 g/mol. The van der Waals surface area contributed by atoms with Gasteiger partial charge in [0.25, 0.3) is 0 Å². The van der Waals surface area contributed by atoms with Gasteiger partial charge in [0.2, 0.25) is 0 Å². The van der Waals surface area contributed by atoms with Crippen molar-refractivity contribution in [3.05, 3.63) is 65.2 Å². The molecule has 5 rings (SSSR count). The highest BCUT2D eigenvalue weighted by atomic mass is 16.5. The molecule has 2 fully saturated rings. The van der Waals surface area contributed by atoms with Crippen molar-refractivity contribution in [3.8, 4) is 5.75 Å². The minimum Gasteiger partial charge on any atom is -0.493 e. The van der Waals surface area contributed by atoms with E-state index >= 15 is 0 Å². The van der Waals surface area contributed by atoms with Crippen molar-refractivity contribution in [3.63, 3.8) is 0 Å². The average Bonchev–Trinajstić information content (AvgIpc) is 3.58. The van der Waals surface area contributed by atoms with Gasteiger partial charge in [-0.15, -0.1) is 0 Å². The SMILES string of the molecule is O=C(O)C(O)(c1ccccc1)C1(C2CCN(CCc3ccc4c(c3)CCO4)C2)CCCC1. The van der Waals surface area contributed by atoms with E-state index in [4.69, 9.17) is 4.74 Å². The molecule has 0 amide bonds. The number of hydrogen-bond acceptors (Lipinski definition) is 4. The molecular weight excluding hydrogens is 402 g/mol. The topological polar surface area (TPSA) is 70.0 Å². The van der Waals surface area contributed by atoms with Crippen LogP contribution in [0.3, 0.4) is 0 Å². The van der Waals surface area contributed by atoms with E-state index in [0.29, 0.717) is 5.56 Å². The van der Waals surface area contributed by atoms with E-state index in [1.807, 2.05) is 18.2 Å².